The fourth-order valence-electron chi connectivity index (χ4n) is 2.66. The van der Waals surface area contributed by atoms with Crippen molar-refractivity contribution in [2.75, 3.05) is 26.2 Å². The smallest absolute Gasteiger partial charge is 0.246 e. The SMILES string of the molecule is Cc1n[nH]c(C)c1S(=O)(=O)N1CCN(C(=O)C(C)(C)C)CC1. The molecule has 1 aromatic heterocycles. The zero-order valence-corrected chi connectivity index (χ0v) is 14.6. The second-order valence-electron chi connectivity index (χ2n) is 6.71. The summed E-state index contributed by atoms with van der Waals surface area (Å²) in [4.78, 5) is 14.2. The number of carbonyl (C=O) groups excluding carboxylic acids is 1. The third kappa shape index (κ3) is 3.03. The second kappa shape index (κ2) is 5.66. The fourth-order valence-corrected chi connectivity index (χ4v) is 4.41. The summed E-state index contributed by atoms with van der Waals surface area (Å²) in [7, 11) is -3.56. The van der Waals surface area contributed by atoms with Crippen molar-refractivity contribution in [1.82, 2.24) is 19.4 Å². The number of hydrogen-bond donors (Lipinski definition) is 1. The molecule has 0 radical (unpaired) electrons. The van der Waals surface area contributed by atoms with Crippen LogP contribution < -0.4 is 0 Å². The molecular formula is C14H24N4O3S. The zero-order valence-electron chi connectivity index (χ0n) is 13.8. The molecule has 0 bridgehead atoms. The lowest BCUT2D eigenvalue weighted by molar-refractivity contribution is -0.140. The summed E-state index contributed by atoms with van der Waals surface area (Å²) < 4.78 is 26.9. The molecule has 1 N–H and O–H groups in total. The average molecular weight is 328 g/mol. The largest absolute Gasteiger partial charge is 0.340 e. The maximum absolute atomic E-state index is 12.7. The van der Waals surface area contributed by atoms with Gasteiger partial charge in [-0.2, -0.15) is 9.40 Å². The van der Waals surface area contributed by atoms with Gasteiger partial charge in [0.2, 0.25) is 15.9 Å². The molecule has 8 heteroatoms. The van der Waals surface area contributed by atoms with E-state index in [2.05, 4.69) is 10.2 Å². The van der Waals surface area contributed by atoms with E-state index in [0.29, 0.717) is 37.6 Å². The topological polar surface area (TPSA) is 86.4 Å². The van der Waals surface area contributed by atoms with E-state index in [0.717, 1.165) is 0 Å². The summed E-state index contributed by atoms with van der Waals surface area (Å²) >= 11 is 0. The third-order valence-electron chi connectivity index (χ3n) is 3.83. The first kappa shape index (κ1) is 17.0. The number of amides is 1. The van der Waals surface area contributed by atoms with E-state index in [1.165, 1.54) is 4.31 Å². The molecule has 124 valence electrons. The Hall–Kier alpha value is -1.41. The molecule has 7 nitrogen and oxygen atoms in total. The minimum atomic E-state index is -3.56. The summed E-state index contributed by atoms with van der Waals surface area (Å²) in [5.41, 5.74) is 0.579. The molecule has 0 aromatic carbocycles. The number of H-pyrrole nitrogens is 1. The monoisotopic (exact) mass is 328 g/mol. The number of aromatic amines is 1. The molecule has 0 atom stereocenters. The zero-order chi connectivity index (χ0) is 16.7. The van der Waals surface area contributed by atoms with Crippen molar-refractivity contribution in [2.45, 2.75) is 39.5 Å². The maximum atomic E-state index is 12.7. The molecule has 1 amide bonds. The van der Waals surface area contributed by atoms with Gasteiger partial charge in [0.25, 0.3) is 0 Å². The Bertz CT molecular complexity index is 645. The van der Waals surface area contributed by atoms with Crippen LogP contribution in [0.2, 0.25) is 0 Å². The molecule has 22 heavy (non-hydrogen) atoms. The predicted molar refractivity (Wildman–Crippen MR) is 82.9 cm³/mol. The Morgan fingerprint density at radius 2 is 1.68 bits per heavy atom. The Labute approximate surface area is 131 Å². The van der Waals surface area contributed by atoms with Gasteiger partial charge in [-0.05, 0) is 13.8 Å². The summed E-state index contributed by atoms with van der Waals surface area (Å²) in [6.45, 7) is 10.5. The molecule has 2 rings (SSSR count). The highest BCUT2D eigenvalue weighted by atomic mass is 32.2. The maximum Gasteiger partial charge on any atom is 0.246 e. The van der Waals surface area contributed by atoms with Crippen molar-refractivity contribution in [2.24, 2.45) is 5.41 Å². The summed E-state index contributed by atoms with van der Waals surface area (Å²) in [6.07, 6.45) is 0. The standard InChI is InChI=1S/C14H24N4O3S/c1-10-12(11(2)16-15-10)22(20,21)18-8-6-17(7-9-18)13(19)14(3,4)5/h6-9H2,1-5H3,(H,15,16). The van der Waals surface area contributed by atoms with E-state index in [1.807, 2.05) is 20.8 Å². The molecule has 1 aliphatic heterocycles. The van der Waals surface area contributed by atoms with Gasteiger partial charge in [0.15, 0.2) is 0 Å². The van der Waals surface area contributed by atoms with Crippen LogP contribution in [0.5, 0.6) is 0 Å². The van der Waals surface area contributed by atoms with E-state index in [1.54, 1.807) is 18.7 Å². The molecule has 1 fully saturated rings. The van der Waals surface area contributed by atoms with Gasteiger partial charge in [0.1, 0.15) is 4.90 Å². The highest BCUT2D eigenvalue weighted by Gasteiger charge is 2.35. The van der Waals surface area contributed by atoms with E-state index >= 15 is 0 Å². The summed E-state index contributed by atoms with van der Waals surface area (Å²) in [6, 6.07) is 0. The first-order chi connectivity index (χ1) is 10.0. The van der Waals surface area contributed by atoms with Gasteiger partial charge in [-0.25, -0.2) is 8.42 Å². The van der Waals surface area contributed by atoms with Gasteiger partial charge in [0, 0.05) is 31.6 Å². The molecule has 1 saturated heterocycles. The lowest BCUT2D eigenvalue weighted by Crippen LogP contribution is -2.53. The van der Waals surface area contributed by atoms with Crippen LogP contribution in [0.1, 0.15) is 32.2 Å². The van der Waals surface area contributed by atoms with Gasteiger partial charge >= 0.3 is 0 Å². The highest BCUT2D eigenvalue weighted by Crippen LogP contribution is 2.24. The number of nitrogens with zero attached hydrogens (tertiary/aromatic N) is 3. The minimum Gasteiger partial charge on any atom is -0.340 e. The molecular weight excluding hydrogens is 304 g/mol. The molecule has 1 aromatic rings. The van der Waals surface area contributed by atoms with Crippen LogP contribution >= 0.6 is 0 Å². The molecule has 2 heterocycles. The normalized spacial score (nSPS) is 17.8. The number of piperazine rings is 1. The Morgan fingerprint density at radius 1 is 1.14 bits per heavy atom. The van der Waals surface area contributed by atoms with E-state index in [9.17, 15) is 13.2 Å². The van der Waals surface area contributed by atoms with Crippen LogP contribution in [0.4, 0.5) is 0 Å². The minimum absolute atomic E-state index is 0.0558. The average Bonchev–Trinajstić information content (AvgIpc) is 2.77. The molecule has 1 aliphatic rings. The van der Waals surface area contributed by atoms with Gasteiger partial charge in [-0.15, -0.1) is 0 Å². The quantitative estimate of drug-likeness (QED) is 0.874. The number of nitrogens with one attached hydrogen (secondary N) is 1. The number of rotatable bonds is 2. The van der Waals surface area contributed by atoms with Crippen molar-refractivity contribution in [1.29, 1.82) is 0 Å². The number of hydrogen-bond acceptors (Lipinski definition) is 4. The summed E-state index contributed by atoms with van der Waals surface area (Å²) in [5.74, 6) is 0.0558. The Morgan fingerprint density at radius 3 is 2.09 bits per heavy atom. The second-order valence-corrected chi connectivity index (χ2v) is 8.58. The number of sulfonamides is 1. The molecule has 0 unspecified atom stereocenters. The number of aromatic nitrogens is 2. The van der Waals surface area contributed by atoms with Crippen LogP contribution in [-0.2, 0) is 14.8 Å². The van der Waals surface area contributed by atoms with Crippen LogP contribution in [0.15, 0.2) is 4.90 Å². The van der Waals surface area contributed by atoms with E-state index in [-0.39, 0.29) is 10.8 Å². The van der Waals surface area contributed by atoms with Crippen LogP contribution in [0.25, 0.3) is 0 Å². The van der Waals surface area contributed by atoms with Gasteiger partial charge in [-0.1, -0.05) is 20.8 Å². The first-order valence-corrected chi connectivity index (χ1v) is 8.80. The lowest BCUT2D eigenvalue weighted by Gasteiger charge is -2.37. The van der Waals surface area contributed by atoms with E-state index in [4.69, 9.17) is 0 Å². The molecule has 0 saturated carbocycles. The van der Waals surface area contributed by atoms with Crippen LogP contribution in [0.3, 0.4) is 0 Å². The van der Waals surface area contributed by atoms with Crippen molar-refractivity contribution in [3.63, 3.8) is 0 Å². The van der Waals surface area contributed by atoms with Gasteiger partial charge < -0.3 is 4.90 Å². The Balaban J connectivity index is 2.14. The molecule has 0 aliphatic carbocycles. The molecule has 0 spiro atoms. The third-order valence-corrected chi connectivity index (χ3v) is 5.99. The van der Waals surface area contributed by atoms with Crippen LogP contribution in [0, 0.1) is 19.3 Å². The van der Waals surface area contributed by atoms with E-state index < -0.39 is 15.4 Å². The van der Waals surface area contributed by atoms with Gasteiger partial charge in [-0.3, -0.25) is 9.89 Å². The highest BCUT2D eigenvalue weighted by molar-refractivity contribution is 7.89. The van der Waals surface area contributed by atoms with Crippen molar-refractivity contribution >= 4 is 15.9 Å². The van der Waals surface area contributed by atoms with Crippen molar-refractivity contribution < 1.29 is 13.2 Å². The summed E-state index contributed by atoms with van der Waals surface area (Å²) in [5, 5.41) is 6.67. The van der Waals surface area contributed by atoms with Gasteiger partial charge in [0.05, 0.1) is 11.4 Å². The predicted octanol–water partition coefficient (Wildman–Crippen LogP) is 0.906. The first-order valence-electron chi connectivity index (χ1n) is 7.36. The number of aryl methyl sites for hydroxylation is 2. The Kier molecular flexibility index (Phi) is 4.36. The number of carbonyl (C=O) groups is 1. The van der Waals surface area contributed by atoms with Crippen molar-refractivity contribution in [3.05, 3.63) is 11.4 Å². The van der Waals surface area contributed by atoms with Crippen LogP contribution in [-0.4, -0.2) is 59.9 Å². The van der Waals surface area contributed by atoms with Crippen molar-refractivity contribution in [3.8, 4) is 0 Å². The fraction of sp³-hybridized carbons (Fsp3) is 0.714. The lowest BCUT2D eigenvalue weighted by atomic mass is 9.94.